The molecule has 0 saturated carbocycles. The highest BCUT2D eigenvalue weighted by atomic mass is 19.1. The second kappa shape index (κ2) is 8.64. The Bertz CT molecular complexity index is 1040. The van der Waals surface area contributed by atoms with Gasteiger partial charge < -0.3 is 4.98 Å². The number of rotatable bonds is 4. The van der Waals surface area contributed by atoms with Gasteiger partial charge in [-0.15, -0.1) is 0 Å². The highest BCUT2D eigenvalue weighted by Crippen LogP contribution is 2.30. The third-order valence-electron chi connectivity index (χ3n) is 4.69. The number of nitriles is 1. The highest BCUT2D eigenvalue weighted by molar-refractivity contribution is 5.80. The first kappa shape index (κ1) is 20.4. The molecule has 0 radical (unpaired) electrons. The number of nitrogens with one attached hydrogen (secondary N) is 1. The molecule has 1 unspecified atom stereocenters. The third kappa shape index (κ3) is 4.25. The van der Waals surface area contributed by atoms with Crippen LogP contribution in [0, 0.1) is 17.1 Å². The second-order valence-corrected chi connectivity index (χ2v) is 6.49. The van der Waals surface area contributed by atoms with E-state index in [1.54, 1.807) is 25.1 Å². The molecule has 0 fully saturated rings. The number of fused-ring (bicyclic) bond motifs is 1. The van der Waals surface area contributed by atoms with Crippen LogP contribution in [-0.2, 0) is 18.3 Å². The van der Waals surface area contributed by atoms with Gasteiger partial charge >= 0.3 is 0 Å². The molecule has 0 aliphatic heterocycles. The predicted octanol–water partition coefficient (Wildman–Crippen LogP) is 5.53. The lowest BCUT2D eigenvalue weighted by molar-refractivity contribution is 0.557. The second-order valence-electron chi connectivity index (χ2n) is 6.49. The van der Waals surface area contributed by atoms with Crippen molar-refractivity contribution in [3.05, 3.63) is 81.4 Å². The van der Waals surface area contributed by atoms with Crippen LogP contribution in [0.25, 0.3) is 10.9 Å². The summed E-state index contributed by atoms with van der Waals surface area (Å²) >= 11 is 0. The first-order valence-corrected chi connectivity index (χ1v) is 9.28. The molecule has 0 spiro atoms. The van der Waals surface area contributed by atoms with Crippen LogP contribution in [0.4, 0.5) is 4.39 Å². The maximum absolute atomic E-state index is 14.0. The number of hydrogen-bond acceptors (Lipinski definition) is 2. The molecular formula is C23H27FN2O. The summed E-state index contributed by atoms with van der Waals surface area (Å²) in [4.78, 5) is 14.9. The summed E-state index contributed by atoms with van der Waals surface area (Å²) < 4.78 is 14.0. The first-order chi connectivity index (χ1) is 13.0. The van der Waals surface area contributed by atoms with E-state index in [1.807, 2.05) is 45.0 Å². The Hall–Kier alpha value is -2.93. The van der Waals surface area contributed by atoms with Crippen molar-refractivity contribution >= 4 is 10.9 Å². The zero-order valence-corrected chi connectivity index (χ0v) is 16.3. The van der Waals surface area contributed by atoms with E-state index in [0.29, 0.717) is 17.5 Å². The molecule has 0 bridgehead atoms. The van der Waals surface area contributed by atoms with Crippen LogP contribution in [0.5, 0.6) is 0 Å². The van der Waals surface area contributed by atoms with Crippen molar-refractivity contribution in [3.63, 3.8) is 0 Å². The van der Waals surface area contributed by atoms with Crippen molar-refractivity contribution in [2.45, 2.75) is 46.0 Å². The molecule has 0 aliphatic rings. The number of benzene rings is 2. The molecule has 3 nitrogen and oxygen atoms in total. The molecule has 0 saturated heterocycles. The fraction of sp³-hybridized carbons (Fsp3) is 0.304. The van der Waals surface area contributed by atoms with Crippen LogP contribution >= 0.6 is 0 Å². The maximum Gasteiger partial charge on any atom is 0.251 e. The average Bonchev–Trinajstić information content (AvgIpc) is 2.70. The van der Waals surface area contributed by atoms with Gasteiger partial charge in [0.1, 0.15) is 5.82 Å². The molecule has 1 atom stereocenters. The molecule has 1 heterocycles. The molecular weight excluding hydrogens is 339 g/mol. The van der Waals surface area contributed by atoms with Crippen LogP contribution in [0.3, 0.4) is 0 Å². The molecule has 1 aromatic heterocycles. The summed E-state index contributed by atoms with van der Waals surface area (Å²) in [5.74, 6) is -0.314. The number of hydrogen-bond donors (Lipinski definition) is 1. The van der Waals surface area contributed by atoms with Gasteiger partial charge in [-0.2, -0.15) is 5.26 Å². The Morgan fingerprint density at radius 3 is 2.48 bits per heavy atom. The number of H-pyrrole nitrogens is 1. The number of aromatic nitrogens is 1. The molecule has 2 aromatic carbocycles. The number of aromatic amines is 1. The largest absolute Gasteiger partial charge is 0.322 e. The lowest BCUT2D eigenvalue weighted by Gasteiger charge is -2.23. The Kier molecular flexibility index (Phi) is 6.52. The van der Waals surface area contributed by atoms with Crippen molar-refractivity contribution in [2.24, 2.45) is 0 Å². The van der Waals surface area contributed by atoms with Crippen LogP contribution in [-0.4, -0.2) is 4.98 Å². The van der Waals surface area contributed by atoms with Gasteiger partial charge in [-0.3, -0.25) is 4.79 Å². The van der Waals surface area contributed by atoms with Crippen LogP contribution < -0.4 is 5.56 Å². The van der Waals surface area contributed by atoms with E-state index in [0.717, 1.165) is 16.5 Å². The van der Waals surface area contributed by atoms with Crippen LogP contribution in [0.1, 0.15) is 45.8 Å². The summed E-state index contributed by atoms with van der Waals surface area (Å²) in [7, 11) is 0. The number of aryl methyl sites for hydroxylation is 1. The van der Waals surface area contributed by atoms with Crippen molar-refractivity contribution in [1.82, 2.24) is 4.98 Å². The predicted molar refractivity (Wildman–Crippen MR) is 110 cm³/mol. The molecule has 0 amide bonds. The standard InChI is InChI=1S/C21H19FN2O.C2H6.H2/c1-3-14-10-15-8-9-17(11-19(15)24-20(14)25)21(2,13-23)12-16-6-4-5-7-18(16)22;1-2;/h4-11H,3,12H2,1-2H3,(H,24,25);1-2H3;1H. The topological polar surface area (TPSA) is 56.6 Å². The molecule has 4 heteroatoms. The summed E-state index contributed by atoms with van der Waals surface area (Å²) in [5.41, 5.74) is 1.67. The zero-order chi connectivity index (χ0) is 20.0. The van der Waals surface area contributed by atoms with Crippen molar-refractivity contribution < 1.29 is 5.82 Å². The Morgan fingerprint density at radius 1 is 1.15 bits per heavy atom. The fourth-order valence-corrected chi connectivity index (χ4v) is 3.08. The Morgan fingerprint density at radius 2 is 1.85 bits per heavy atom. The van der Waals surface area contributed by atoms with E-state index in [2.05, 4.69) is 11.1 Å². The fourth-order valence-electron chi connectivity index (χ4n) is 3.08. The molecule has 1 N–H and O–H groups in total. The van der Waals surface area contributed by atoms with Gasteiger partial charge in [-0.1, -0.05) is 51.1 Å². The quantitative estimate of drug-likeness (QED) is 0.660. The normalized spacial score (nSPS) is 12.6. The summed E-state index contributed by atoms with van der Waals surface area (Å²) in [6.07, 6.45) is 0.926. The minimum atomic E-state index is -0.892. The van der Waals surface area contributed by atoms with Crippen molar-refractivity contribution in [1.29, 1.82) is 5.26 Å². The van der Waals surface area contributed by atoms with Crippen molar-refractivity contribution in [2.75, 3.05) is 0 Å². The lowest BCUT2D eigenvalue weighted by atomic mass is 9.78. The van der Waals surface area contributed by atoms with E-state index in [9.17, 15) is 14.4 Å². The van der Waals surface area contributed by atoms with Gasteiger partial charge in [-0.05, 0) is 54.5 Å². The van der Waals surface area contributed by atoms with Gasteiger partial charge in [0.2, 0.25) is 0 Å². The van der Waals surface area contributed by atoms with E-state index in [4.69, 9.17) is 0 Å². The minimum absolute atomic E-state index is 0. The van der Waals surface area contributed by atoms with Gasteiger partial charge in [0, 0.05) is 12.5 Å². The van der Waals surface area contributed by atoms with Gasteiger partial charge in [0.25, 0.3) is 5.56 Å². The molecule has 0 aliphatic carbocycles. The summed E-state index contributed by atoms with van der Waals surface area (Å²) in [6.45, 7) is 7.73. The smallest absolute Gasteiger partial charge is 0.251 e. The Balaban J connectivity index is 0.00000127. The summed E-state index contributed by atoms with van der Waals surface area (Å²) in [6, 6.07) is 16.3. The number of nitrogens with zero attached hydrogens (tertiary/aromatic N) is 1. The van der Waals surface area contributed by atoms with Crippen molar-refractivity contribution in [3.8, 4) is 6.07 Å². The highest BCUT2D eigenvalue weighted by Gasteiger charge is 2.28. The third-order valence-corrected chi connectivity index (χ3v) is 4.69. The van der Waals surface area contributed by atoms with Crippen LogP contribution in [0.15, 0.2) is 53.3 Å². The number of pyridine rings is 1. The molecule has 27 heavy (non-hydrogen) atoms. The van der Waals surface area contributed by atoms with E-state index in [1.165, 1.54) is 6.07 Å². The number of halogens is 1. The van der Waals surface area contributed by atoms with Crippen LogP contribution in [0.2, 0.25) is 0 Å². The average molecular weight is 366 g/mol. The van der Waals surface area contributed by atoms with Gasteiger partial charge in [0.05, 0.1) is 11.5 Å². The van der Waals surface area contributed by atoms with E-state index in [-0.39, 0.29) is 19.2 Å². The Labute approximate surface area is 161 Å². The molecule has 142 valence electrons. The van der Waals surface area contributed by atoms with E-state index < -0.39 is 5.41 Å². The van der Waals surface area contributed by atoms with E-state index >= 15 is 0 Å². The minimum Gasteiger partial charge on any atom is -0.322 e. The maximum atomic E-state index is 14.0. The summed E-state index contributed by atoms with van der Waals surface area (Å²) in [5, 5.41) is 10.7. The monoisotopic (exact) mass is 366 g/mol. The molecule has 3 aromatic rings. The lowest BCUT2D eigenvalue weighted by Crippen LogP contribution is -2.23. The first-order valence-electron chi connectivity index (χ1n) is 9.28. The van der Waals surface area contributed by atoms with Gasteiger partial charge in [-0.25, -0.2) is 4.39 Å². The SMILES string of the molecule is CC.CCc1cc2ccc(C(C)(C#N)Cc3ccccc3F)cc2[nH]c1=O.[HH]. The molecule has 3 rings (SSSR count). The van der Waals surface area contributed by atoms with Gasteiger partial charge in [0.15, 0.2) is 0 Å². The zero-order valence-electron chi connectivity index (χ0n) is 16.3.